The Morgan fingerprint density at radius 2 is 2.47 bits per heavy atom. The number of carbonyl (C=O) groups is 1. The van der Waals surface area contributed by atoms with Crippen LogP contribution in [0.1, 0.15) is 25.0 Å². The van der Waals surface area contributed by atoms with Crippen LogP contribution in [0.25, 0.3) is 0 Å². The molecule has 0 aromatic carbocycles. The van der Waals surface area contributed by atoms with Crippen molar-refractivity contribution in [3.05, 3.63) is 18.0 Å². The van der Waals surface area contributed by atoms with E-state index in [9.17, 15) is 4.79 Å². The summed E-state index contributed by atoms with van der Waals surface area (Å²) < 4.78 is 1.77. The van der Waals surface area contributed by atoms with E-state index in [1.165, 1.54) is 0 Å². The number of rotatable bonds is 4. The highest BCUT2D eigenvalue weighted by molar-refractivity contribution is 5.79. The number of aromatic nitrogens is 2. The summed E-state index contributed by atoms with van der Waals surface area (Å²) in [4.78, 5) is 12.0. The molecule has 0 radical (unpaired) electrons. The smallest absolute Gasteiger partial charge is 0.223 e. The van der Waals surface area contributed by atoms with Gasteiger partial charge in [-0.05, 0) is 31.4 Å². The van der Waals surface area contributed by atoms with Crippen molar-refractivity contribution in [2.75, 3.05) is 6.54 Å². The van der Waals surface area contributed by atoms with E-state index in [2.05, 4.69) is 10.4 Å². The predicted octanol–water partition coefficient (Wildman–Crippen LogP) is 0.411. The van der Waals surface area contributed by atoms with Gasteiger partial charge in [-0.2, -0.15) is 5.10 Å². The summed E-state index contributed by atoms with van der Waals surface area (Å²) in [5.41, 5.74) is 6.70. The van der Waals surface area contributed by atoms with E-state index in [0.29, 0.717) is 19.0 Å². The standard InChI is InChI=1S/C12H20N4O/c1-16-10(5-6-15-16)8-14-12(17)11-4-2-3-9(11)7-13/h5-6,9,11H,2-4,7-8,13H2,1H3,(H,14,17). The Hall–Kier alpha value is -1.36. The summed E-state index contributed by atoms with van der Waals surface area (Å²) in [7, 11) is 1.87. The molecule has 5 nitrogen and oxygen atoms in total. The number of amides is 1. The maximum atomic E-state index is 12.0. The molecule has 0 bridgehead atoms. The van der Waals surface area contributed by atoms with Crippen LogP contribution in [-0.4, -0.2) is 22.2 Å². The first kappa shape index (κ1) is 12.1. The lowest BCUT2D eigenvalue weighted by molar-refractivity contribution is -0.126. The molecule has 3 N–H and O–H groups in total. The Kier molecular flexibility index (Phi) is 3.78. The number of aryl methyl sites for hydroxylation is 1. The summed E-state index contributed by atoms with van der Waals surface area (Å²) >= 11 is 0. The molecule has 5 heteroatoms. The highest BCUT2D eigenvalue weighted by atomic mass is 16.1. The minimum Gasteiger partial charge on any atom is -0.350 e. The van der Waals surface area contributed by atoms with Gasteiger partial charge < -0.3 is 11.1 Å². The van der Waals surface area contributed by atoms with Crippen LogP contribution in [0.15, 0.2) is 12.3 Å². The van der Waals surface area contributed by atoms with Gasteiger partial charge >= 0.3 is 0 Å². The van der Waals surface area contributed by atoms with Gasteiger partial charge in [0.15, 0.2) is 0 Å². The summed E-state index contributed by atoms with van der Waals surface area (Å²) in [6, 6.07) is 1.91. The molecular formula is C12H20N4O. The molecule has 1 aromatic heterocycles. The van der Waals surface area contributed by atoms with E-state index in [4.69, 9.17) is 5.73 Å². The first-order chi connectivity index (χ1) is 8.22. The second-order valence-corrected chi connectivity index (χ2v) is 4.70. The number of hydrogen-bond donors (Lipinski definition) is 2. The van der Waals surface area contributed by atoms with Crippen LogP contribution in [0, 0.1) is 11.8 Å². The van der Waals surface area contributed by atoms with E-state index in [1.54, 1.807) is 10.9 Å². The Labute approximate surface area is 101 Å². The van der Waals surface area contributed by atoms with Gasteiger partial charge in [-0.3, -0.25) is 9.48 Å². The molecule has 1 amide bonds. The fraction of sp³-hybridized carbons (Fsp3) is 0.667. The van der Waals surface area contributed by atoms with Crippen molar-refractivity contribution in [2.45, 2.75) is 25.8 Å². The minimum absolute atomic E-state index is 0.105. The van der Waals surface area contributed by atoms with E-state index < -0.39 is 0 Å². The van der Waals surface area contributed by atoms with Gasteiger partial charge in [0.2, 0.25) is 5.91 Å². The molecule has 94 valence electrons. The monoisotopic (exact) mass is 236 g/mol. The average molecular weight is 236 g/mol. The molecule has 1 saturated carbocycles. The highest BCUT2D eigenvalue weighted by Gasteiger charge is 2.31. The van der Waals surface area contributed by atoms with E-state index in [0.717, 1.165) is 25.0 Å². The maximum Gasteiger partial charge on any atom is 0.223 e. The largest absolute Gasteiger partial charge is 0.350 e. The van der Waals surface area contributed by atoms with Crippen LogP contribution in [0.5, 0.6) is 0 Å². The Bertz CT molecular complexity index is 388. The molecule has 2 rings (SSSR count). The molecule has 2 unspecified atom stereocenters. The van der Waals surface area contributed by atoms with E-state index in [1.807, 2.05) is 13.1 Å². The third kappa shape index (κ3) is 2.66. The van der Waals surface area contributed by atoms with Crippen LogP contribution < -0.4 is 11.1 Å². The van der Waals surface area contributed by atoms with Gasteiger partial charge in [-0.1, -0.05) is 6.42 Å². The van der Waals surface area contributed by atoms with Crippen LogP contribution in [-0.2, 0) is 18.4 Å². The van der Waals surface area contributed by atoms with Crippen molar-refractivity contribution in [1.29, 1.82) is 0 Å². The lowest BCUT2D eigenvalue weighted by Gasteiger charge is -2.17. The molecule has 1 aromatic rings. The van der Waals surface area contributed by atoms with Crippen molar-refractivity contribution in [3.8, 4) is 0 Å². The quantitative estimate of drug-likeness (QED) is 0.795. The van der Waals surface area contributed by atoms with Gasteiger partial charge in [0.1, 0.15) is 0 Å². The zero-order valence-electron chi connectivity index (χ0n) is 10.2. The molecule has 2 atom stereocenters. The average Bonchev–Trinajstić information content (AvgIpc) is 2.94. The molecule has 1 fully saturated rings. The maximum absolute atomic E-state index is 12.0. The lowest BCUT2D eigenvalue weighted by atomic mass is 9.95. The molecule has 1 aliphatic carbocycles. The third-order valence-electron chi connectivity index (χ3n) is 3.66. The molecule has 0 aliphatic heterocycles. The normalized spacial score (nSPS) is 23.9. The van der Waals surface area contributed by atoms with Crippen molar-refractivity contribution in [3.63, 3.8) is 0 Å². The fourth-order valence-corrected chi connectivity index (χ4v) is 2.55. The second-order valence-electron chi connectivity index (χ2n) is 4.70. The second kappa shape index (κ2) is 5.31. The van der Waals surface area contributed by atoms with Crippen molar-refractivity contribution in [1.82, 2.24) is 15.1 Å². The molecule has 1 heterocycles. The number of nitrogens with two attached hydrogens (primary N) is 1. The summed E-state index contributed by atoms with van der Waals surface area (Å²) in [5, 5.41) is 7.05. The summed E-state index contributed by atoms with van der Waals surface area (Å²) in [6.45, 7) is 1.16. The van der Waals surface area contributed by atoms with Crippen LogP contribution >= 0.6 is 0 Å². The predicted molar refractivity (Wildman–Crippen MR) is 64.9 cm³/mol. The lowest BCUT2D eigenvalue weighted by Crippen LogP contribution is -2.35. The molecular weight excluding hydrogens is 216 g/mol. The van der Waals surface area contributed by atoms with Crippen LogP contribution in [0.4, 0.5) is 0 Å². The van der Waals surface area contributed by atoms with E-state index in [-0.39, 0.29) is 11.8 Å². The number of carbonyl (C=O) groups excluding carboxylic acids is 1. The topological polar surface area (TPSA) is 72.9 Å². The molecule has 0 saturated heterocycles. The first-order valence-corrected chi connectivity index (χ1v) is 6.17. The van der Waals surface area contributed by atoms with Gasteiger partial charge in [0.05, 0.1) is 12.2 Å². The summed E-state index contributed by atoms with van der Waals surface area (Å²) in [5.74, 6) is 0.605. The van der Waals surface area contributed by atoms with Gasteiger partial charge in [-0.15, -0.1) is 0 Å². The Morgan fingerprint density at radius 1 is 1.65 bits per heavy atom. The van der Waals surface area contributed by atoms with Gasteiger partial charge in [-0.25, -0.2) is 0 Å². The molecule has 1 aliphatic rings. The molecule has 17 heavy (non-hydrogen) atoms. The zero-order valence-corrected chi connectivity index (χ0v) is 10.2. The number of hydrogen-bond acceptors (Lipinski definition) is 3. The number of nitrogens with one attached hydrogen (secondary N) is 1. The summed E-state index contributed by atoms with van der Waals surface area (Å²) in [6.07, 6.45) is 4.91. The van der Waals surface area contributed by atoms with Crippen LogP contribution in [0.3, 0.4) is 0 Å². The van der Waals surface area contributed by atoms with E-state index >= 15 is 0 Å². The van der Waals surface area contributed by atoms with Gasteiger partial charge in [0, 0.05) is 19.2 Å². The Morgan fingerprint density at radius 3 is 3.12 bits per heavy atom. The van der Waals surface area contributed by atoms with Crippen molar-refractivity contribution in [2.24, 2.45) is 24.6 Å². The minimum atomic E-state index is 0.105. The van der Waals surface area contributed by atoms with Crippen molar-refractivity contribution < 1.29 is 4.79 Å². The van der Waals surface area contributed by atoms with Gasteiger partial charge in [0.25, 0.3) is 0 Å². The number of nitrogens with zero attached hydrogens (tertiary/aromatic N) is 2. The SMILES string of the molecule is Cn1nccc1CNC(=O)C1CCCC1CN. The van der Waals surface area contributed by atoms with Crippen molar-refractivity contribution >= 4 is 5.91 Å². The highest BCUT2D eigenvalue weighted by Crippen LogP contribution is 2.30. The molecule has 0 spiro atoms. The Balaban J connectivity index is 1.87. The zero-order chi connectivity index (χ0) is 12.3. The fourth-order valence-electron chi connectivity index (χ4n) is 2.55. The third-order valence-corrected chi connectivity index (χ3v) is 3.66. The van der Waals surface area contributed by atoms with Crippen LogP contribution in [0.2, 0.25) is 0 Å². The first-order valence-electron chi connectivity index (χ1n) is 6.17.